The van der Waals surface area contributed by atoms with Crippen molar-refractivity contribution in [2.75, 3.05) is 17.2 Å². The van der Waals surface area contributed by atoms with Crippen LogP contribution >= 0.6 is 11.8 Å². The molecule has 4 N–H and O–H groups in total. The predicted octanol–water partition coefficient (Wildman–Crippen LogP) is 3.95. The molecule has 9 heteroatoms. The van der Waals surface area contributed by atoms with Gasteiger partial charge in [-0.3, -0.25) is 4.79 Å². The fraction of sp³-hybridized carbons (Fsp3) is 0.240. The van der Waals surface area contributed by atoms with E-state index in [9.17, 15) is 4.79 Å². The van der Waals surface area contributed by atoms with Gasteiger partial charge in [-0.15, -0.1) is 0 Å². The monoisotopic (exact) mass is 471 g/mol. The Bertz CT molecular complexity index is 1230. The first-order valence-corrected chi connectivity index (χ1v) is 12.2. The average molecular weight is 472 g/mol. The molecular formula is C25H25N7OS. The molecule has 2 atom stereocenters. The predicted molar refractivity (Wildman–Crippen MR) is 135 cm³/mol. The Kier molecular flexibility index (Phi) is 6.27. The van der Waals surface area contributed by atoms with Crippen LogP contribution < -0.4 is 11.5 Å². The normalized spacial score (nSPS) is 20.8. The SMILES string of the molecule is Nc1nc(N)nc(SCC(=O)N2N=C3/C(=C/c4ccccc4)CCC[C@@H]3[C@@H]2c2ccccc2)n1. The zero-order chi connectivity index (χ0) is 23.5. The molecule has 2 aliphatic rings. The van der Waals surface area contributed by atoms with E-state index in [1.165, 1.54) is 17.3 Å². The van der Waals surface area contributed by atoms with Crippen LogP contribution in [-0.2, 0) is 4.79 Å². The number of fused-ring (bicyclic) bond motifs is 1. The molecule has 34 heavy (non-hydrogen) atoms. The Morgan fingerprint density at radius 3 is 2.38 bits per heavy atom. The second kappa shape index (κ2) is 9.64. The molecule has 3 aromatic rings. The summed E-state index contributed by atoms with van der Waals surface area (Å²) in [5.41, 5.74) is 15.8. The lowest BCUT2D eigenvalue weighted by Crippen LogP contribution is -2.32. The maximum absolute atomic E-state index is 13.4. The lowest BCUT2D eigenvalue weighted by atomic mass is 9.77. The summed E-state index contributed by atoms with van der Waals surface area (Å²) in [4.78, 5) is 25.3. The number of rotatable bonds is 5. The summed E-state index contributed by atoms with van der Waals surface area (Å²) in [6, 6.07) is 20.2. The Morgan fingerprint density at radius 2 is 1.68 bits per heavy atom. The fourth-order valence-electron chi connectivity index (χ4n) is 4.59. The molecular weight excluding hydrogens is 446 g/mol. The van der Waals surface area contributed by atoms with Gasteiger partial charge in [0, 0.05) is 5.92 Å². The Hall–Kier alpha value is -3.72. The molecule has 5 rings (SSSR count). The van der Waals surface area contributed by atoms with Crippen LogP contribution in [0.1, 0.15) is 36.4 Å². The minimum absolute atomic E-state index is 0.0349. The number of hydrazone groups is 1. The van der Waals surface area contributed by atoms with E-state index in [1.54, 1.807) is 5.01 Å². The summed E-state index contributed by atoms with van der Waals surface area (Å²) in [6.07, 6.45) is 5.20. The molecule has 1 amide bonds. The van der Waals surface area contributed by atoms with Crippen molar-refractivity contribution < 1.29 is 4.79 Å². The number of thioether (sulfide) groups is 1. The topological polar surface area (TPSA) is 123 Å². The lowest BCUT2D eigenvalue weighted by Gasteiger charge is -2.29. The molecule has 0 bridgehead atoms. The molecule has 1 aromatic heterocycles. The third-order valence-electron chi connectivity index (χ3n) is 6.01. The first-order chi connectivity index (χ1) is 16.6. The molecule has 0 unspecified atom stereocenters. The van der Waals surface area contributed by atoms with E-state index in [0.29, 0.717) is 5.16 Å². The molecule has 172 valence electrons. The number of carbonyl (C=O) groups excluding carboxylic acids is 1. The molecule has 0 saturated heterocycles. The molecule has 2 heterocycles. The van der Waals surface area contributed by atoms with Crippen molar-refractivity contribution in [3.63, 3.8) is 0 Å². The molecule has 1 aliphatic heterocycles. The number of hydrogen-bond donors (Lipinski definition) is 2. The van der Waals surface area contributed by atoms with Crippen molar-refractivity contribution in [2.24, 2.45) is 11.0 Å². The molecule has 1 fully saturated rings. The van der Waals surface area contributed by atoms with Gasteiger partial charge in [0.15, 0.2) is 5.16 Å². The van der Waals surface area contributed by atoms with Gasteiger partial charge in [-0.25, -0.2) is 5.01 Å². The largest absolute Gasteiger partial charge is 0.368 e. The maximum atomic E-state index is 13.4. The number of nitrogen functional groups attached to an aromatic ring is 2. The molecule has 8 nitrogen and oxygen atoms in total. The first-order valence-electron chi connectivity index (χ1n) is 11.2. The van der Waals surface area contributed by atoms with Crippen molar-refractivity contribution in [1.29, 1.82) is 0 Å². The minimum Gasteiger partial charge on any atom is -0.368 e. The third-order valence-corrected chi connectivity index (χ3v) is 6.84. The van der Waals surface area contributed by atoms with Crippen molar-refractivity contribution in [3.05, 3.63) is 77.4 Å². The number of nitrogens with zero attached hydrogens (tertiary/aromatic N) is 5. The van der Waals surface area contributed by atoms with Crippen LogP contribution in [0.5, 0.6) is 0 Å². The van der Waals surface area contributed by atoms with Gasteiger partial charge < -0.3 is 11.5 Å². The Labute approximate surface area is 202 Å². The van der Waals surface area contributed by atoms with Gasteiger partial charge in [-0.05, 0) is 42.0 Å². The second-order valence-corrected chi connectivity index (χ2v) is 9.22. The van der Waals surface area contributed by atoms with Gasteiger partial charge >= 0.3 is 0 Å². The van der Waals surface area contributed by atoms with E-state index in [-0.39, 0.29) is 35.5 Å². The third kappa shape index (κ3) is 4.65. The number of amides is 1. The Morgan fingerprint density at radius 1 is 1.00 bits per heavy atom. The van der Waals surface area contributed by atoms with E-state index in [1.807, 2.05) is 36.4 Å². The number of carbonyl (C=O) groups is 1. The van der Waals surface area contributed by atoms with Crippen LogP contribution in [0.25, 0.3) is 6.08 Å². The summed E-state index contributed by atoms with van der Waals surface area (Å²) in [6.45, 7) is 0. The smallest absolute Gasteiger partial charge is 0.253 e. The summed E-state index contributed by atoms with van der Waals surface area (Å²) in [7, 11) is 0. The van der Waals surface area contributed by atoms with E-state index in [4.69, 9.17) is 16.6 Å². The number of anilines is 2. The molecule has 1 saturated carbocycles. The summed E-state index contributed by atoms with van der Waals surface area (Å²) in [5, 5.41) is 6.88. The molecule has 2 aromatic carbocycles. The lowest BCUT2D eigenvalue weighted by molar-refractivity contribution is -0.130. The van der Waals surface area contributed by atoms with Crippen molar-refractivity contribution in [1.82, 2.24) is 20.0 Å². The fourth-order valence-corrected chi connectivity index (χ4v) is 5.29. The van der Waals surface area contributed by atoms with Crippen molar-refractivity contribution in [3.8, 4) is 0 Å². The van der Waals surface area contributed by atoms with Crippen LogP contribution in [-0.4, -0.2) is 37.3 Å². The van der Waals surface area contributed by atoms with Gasteiger partial charge in [0.2, 0.25) is 11.9 Å². The van der Waals surface area contributed by atoms with Crippen LogP contribution in [0.3, 0.4) is 0 Å². The summed E-state index contributed by atoms with van der Waals surface area (Å²) in [5.74, 6) is 0.231. The zero-order valence-electron chi connectivity index (χ0n) is 18.5. The molecule has 0 spiro atoms. The van der Waals surface area contributed by atoms with Crippen LogP contribution in [0.2, 0.25) is 0 Å². The standard InChI is InChI=1S/C25H25N7OS/c26-23-28-24(27)30-25(29-23)34-15-20(33)32-22(17-10-5-2-6-11-17)19-13-7-12-18(21(19)31-32)14-16-8-3-1-4-9-16/h1-6,8-11,14,19,22H,7,12-13,15H2,(H4,26,27,28,29,30)/b18-14+/t19-,22-/m0/s1. The number of nitrogens with two attached hydrogens (primary N) is 2. The van der Waals surface area contributed by atoms with Crippen LogP contribution in [0.4, 0.5) is 11.9 Å². The van der Waals surface area contributed by atoms with E-state index < -0.39 is 0 Å². The number of benzene rings is 2. The highest BCUT2D eigenvalue weighted by molar-refractivity contribution is 7.99. The van der Waals surface area contributed by atoms with Gasteiger partial charge in [0.05, 0.1) is 17.5 Å². The van der Waals surface area contributed by atoms with E-state index >= 15 is 0 Å². The van der Waals surface area contributed by atoms with Crippen molar-refractivity contribution in [2.45, 2.75) is 30.5 Å². The number of aromatic nitrogens is 3. The maximum Gasteiger partial charge on any atom is 0.253 e. The van der Waals surface area contributed by atoms with E-state index in [2.05, 4.69) is 45.3 Å². The van der Waals surface area contributed by atoms with Crippen LogP contribution in [0, 0.1) is 5.92 Å². The second-order valence-electron chi connectivity index (χ2n) is 8.28. The molecule has 1 aliphatic carbocycles. The average Bonchev–Trinajstić information content (AvgIpc) is 3.24. The van der Waals surface area contributed by atoms with Gasteiger partial charge in [-0.1, -0.05) is 72.4 Å². The minimum atomic E-state index is -0.141. The number of hydrogen-bond acceptors (Lipinski definition) is 8. The first kappa shape index (κ1) is 22.1. The van der Waals surface area contributed by atoms with Crippen molar-refractivity contribution >= 4 is 41.4 Å². The van der Waals surface area contributed by atoms with Gasteiger partial charge in [0.1, 0.15) is 0 Å². The van der Waals surface area contributed by atoms with Gasteiger partial charge in [0.25, 0.3) is 5.91 Å². The highest BCUT2D eigenvalue weighted by atomic mass is 32.2. The zero-order valence-corrected chi connectivity index (χ0v) is 19.4. The highest BCUT2D eigenvalue weighted by Gasteiger charge is 2.43. The Balaban J connectivity index is 1.45. The van der Waals surface area contributed by atoms with Gasteiger partial charge in [-0.2, -0.15) is 20.1 Å². The molecule has 0 radical (unpaired) electrons. The summed E-state index contributed by atoms with van der Waals surface area (Å²) >= 11 is 1.18. The highest BCUT2D eigenvalue weighted by Crippen LogP contribution is 2.44. The van der Waals surface area contributed by atoms with E-state index in [0.717, 1.165) is 36.1 Å². The quantitative estimate of drug-likeness (QED) is 0.540. The number of allylic oxidation sites excluding steroid dienone is 1. The summed E-state index contributed by atoms with van der Waals surface area (Å²) < 4.78 is 0. The van der Waals surface area contributed by atoms with Crippen LogP contribution in [0.15, 0.2) is 76.5 Å².